The Kier molecular flexibility index (Phi) is 5.50. The lowest BCUT2D eigenvalue weighted by Gasteiger charge is -2.32. The number of likely N-dealkylation sites (tertiary alicyclic amines) is 1. The van der Waals surface area contributed by atoms with Gasteiger partial charge in [-0.15, -0.1) is 0 Å². The van der Waals surface area contributed by atoms with Crippen molar-refractivity contribution in [3.05, 3.63) is 59.9 Å². The van der Waals surface area contributed by atoms with Crippen LogP contribution in [0.3, 0.4) is 0 Å². The lowest BCUT2D eigenvalue weighted by molar-refractivity contribution is 0.0664. The van der Waals surface area contributed by atoms with E-state index in [1.165, 1.54) is 13.2 Å². The summed E-state index contributed by atoms with van der Waals surface area (Å²) in [6.45, 7) is 1.26. The Morgan fingerprint density at radius 1 is 1.31 bits per heavy atom. The molecule has 1 aliphatic heterocycles. The van der Waals surface area contributed by atoms with Crippen molar-refractivity contribution in [3.63, 3.8) is 0 Å². The van der Waals surface area contributed by atoms with Gasteiger partial charge < -0.3 is 14.2 Å². The van der Waals surface area contributed by atoms with Gasteiger partial charge in [0.25, 0.3) is 5.91 Å². The Morgan fingerprint density at radius 3 is 3.00 bits per heavy atom. The van der Waals surface area contributed by atoms with Crippen LogP contribution in [0.15, 0.2) is 47.1 Å². The van der Waals surface area contributed by atoms with E-state index in [1.807, 2.05) is 4.90 Å². The molecule has 0 aliphatic carbocycles. The maximum Gasteiger partial charge on any atom is 0.259 e. The van der Waals surface area contributed by atoms with Crippen molar-refractivity contribution < 1.29 is 18.4 Å². The van der Waals surface area contributed by atoms with E-state index < -0.39 is 0 Å². The van der Waals surface area contributed by atoms with E-state index in [9.17, 15) is 9.18 Å². The quantitative estimate of drug-likeness (QED) is 0.658. The van der Waals surface area contributed by atoms with E-state index >= 15 is 0 Å². The molecule has 1 aliphatic rings. The van der Waals surface area contributed by atoms with Crippen LogP contribution in [0.5, 0.6) is 5.88 Å². The van der Waals surface area contributed by atoms with Crippen molar-refractivity contribution in [2.24, 2.45) is 5.92 Å². The predicted octanol–water partition coefficient (Wildman–Crippen LogP) is 3.37. The maximum atomic E-state index is 13.9. The first-order valence-corrected chi connectivity index (χ1v) is 9.51. The molecule has 2 aromatic heterocycles. The molecule has 3 heterocycles. The van der Waals surface area contributed by atoms with Crippen molar-refractivity contribution in [3.8, 4) is 17.3 Å². The molecule has 1 atom stereocenters. The van der Waals surface area contributed by atoms with E-state index in [0.29, 0.717) is 42.4 Å². The van der Waals surface area contributed by atoms with Gasteiger partial charge in [-0.25, -0.2) is 9.37 Å². The number of hydrogen-bond acceptors (Lipinski definition) is 6. The Labute approximate surface area is 167 Å². The van der Waals surface area contributed by atoms with E-state index in [0.717, 1.165) is 12.8 Å². The fourth-order valence-corrected chi connectivity index (χ4v) is 3.64. The van der Waals surface area contributed by atoms with Gasteiger partial charge in [0.1, 0.15) is 11.4 Å². The van der Waals surface area contributed by atoms with Gasteiger partial charge >= 0.3 is 0 Å². The molecule has 0 N–H and O–H groups in total. The number of carbonyl (C=O) groups is 1. The summed E-state index contributed by atoms with van der Waals surface area (Å²) in [7, 11) is 1.50. The average molecular weight is 396 g/mol. The van der Waals surface area contributed by atoms with Crippen LogP contribution in [0.4, 0.5) is 4.39 Å². The minimum Gasteiger partial charge on any atom is -0.480 e. The normalized spacial score (nSPS) is 16.6. The lowest BCUT2D eigenvalue weighted by atomic mass is 9.94. The van der Waals surface area contributed by atoms with Crippen molar-refractivity contribution >= 4 is 5.91 Å². The monoisotopic (exact) mass is 396 g/mol. The average Bonchev–Trinajstić information content (AvgIpc) is 3.22. The summed E-state index contributed by atoms with van der Waals surface area (Å²) in [5, 5.41) is 3.91. The molecule has 7 nitrogen and oxygen atoms in total. The van der Waals surface area contributed by atoms with Crippen LogP contribution >= 0.6 is 0 Å². The summed E-state index contributed by atoms with van der Waals surface area (Å²) < 4.78 is 24.5. The third-order valence-electron chi connectivity index (χ3n) is 5.05. The molecule has 1 saturated heterocycles. The van der Waals surface area contributed by atoms with Crippen LogP contribution in [0.25, 0.3) is 11.4 Å². The zero-order valence-corrected chi connectivity index (χ0v) is 16.0. The molecule has 8 heteroatoms. The van der Waals surface area contributed by atoms with E-state index in [1.54, 1.807) is 36.5 Å². The van der Waals surface area contributed by atoms with Crippen molar-refractivity contribution in [1.29, 1.82) is 0 Å². The zero-order chi connectivity index (χ0) is 20.2. The van der Waals surface area contributed by atoms with Gasteiger partial charge in [0.15, 0.2) is 0 Å². The van der Waals surface area contributed by atoms with Gasteiger partial charge in [-0.2, -0.15) is 4.98 Å². The predicted molar refractivity (Wildman–Crippen MR) is 103 cm³/mol. The summed E-state index contributed by atoms with van der Waals surface area (Å²) in [5.41, 5.74) is 0.766. The highest BCUT2D eigenvalue weighted by molar-refractivity contribution is 5.96. The van der Waals surface area contributed by atoms with Crippen LogP contribution in [-0.4, -0.2) is 46.1 Å². The first kappa shape index (κ1) is 19.0. The van der Waals surface area contributed by atoms with Crippen molar-refractivity contribution in [2.75, 3.05) is 20.2 Å². The van der Waals surface area contributed by atoms with Crippen molar-refractivity contribution in [2.45, 2.75) is 19.3 Å². The van der Waals surface area contributed by atoms with Crippen LogP contribution in [0.2, 0.25) is 0 Å². The molecule has 150 valence electrons. The summed E-state index contributed by atoms with van der Waals surface area (Å²) in [4.78, 5) is 23.2. The summed E-state index contributed by atoms with van der Waals surface area (Å²) in [6.07, 6.45) is 3.96. The molecular weight excluding hydrogens is 375 g/mol. The molecule has 3 aromatic rings. The first-order valence-electron chi connectivity index (χ1n) is 9.51. The number of piperidine rings is 1. The molecule has 1 amide bonds. The highest BCUT2D eigenvalue weighted by Crippen LogP contribution is 2.25. The Balaban J connectivity index is 1.44. The molecule has 0 bridgehead atoms. The number of amides is 1. The zero-order valence-electron chi connectivity index (χ0n) is 16.0. The number of benzene rings is 1. The third kappa shape index (κ3) is 4.11. The number of halogens is 1. The number of aromatic nitrogens is 3. The minimum atomic E-state index is -0.389. The number of carbonyl (C=O) groups excluding carboxylic acids is 1. The van der Waals surface area contributed by atoms with Gasteiger partial charge in [-0.05, 0) is 43.0 Å². The molecule has 1 fully saturated rings. The lowest BCUT2D eigenvalue weighted by Crippen LogP contribution is -2.40. The number of nitrogens with zero attached hydrogens (tertiary/aromatic N) is 4. The van der Waals surface area contributed by atoms with Gasteiger partial charge in [0.2, 0.25) is 17.6 Å². The molecule has 1 unspecified atom stereocenters. The molecule has 0 radical (unpaired) electrons. The third-order valence-corrected chi connectivity index (χ3v) is 5.05. The number of hydrogen-bond donors (Lipinski definition) is 0. The van der Waals surface area contributed by atoms with Crippen LogP contribution in [-0.2, 0) is 6.42 Å². The largest absolute Gasteiger partial charge is 0.480 e. The molecule has 1 aromatic carbocycles. The van der Waals surface area contributed by atoms with E-state index in [2.05, 4.69) is 15.1 Å². The minimum absolute atomic E-state index is 0.0998. The number of methoxy groups -OCH3 is 1. The first-order chi connectivity index (χ1) is 14.2. The van der Waals surface area contributed by atoms with Crippen molar-refractivity contribution in [1.82, 2.24) is 20.0 Å². The molecule has 0 saturated carbocycles. The van der Waals surface area contributed by atoms with Gasteiger partial charge in [0.05, 0.1) is 12.7 Å². The summed E-state index contributed by atoms with van der Waals surface area (Å²) >= 11 is 0. The number of ether oxygens (including phenoxy) is 1. The topological polar surface area (TPSA) is 81.4 Å². The fraction of sp³-hybridized carbons (Fsp3) is 0.333. The summed E-state index contributed by atoms with van der Waals surface area (Å²) in [6, 6.07) is 9.77. The van der Waals surface area contributed by atoms with Gasteiger partial charge in [0, 0.05) is 25.7 Å². The van der Waals surface area contributed by atoms with Gasteiger partial charge in [-0.1, -0.05) is 17.3 Å². The second-order valence-corrected chi connectivity index (χ2v) is 7.02. The van der Waals surface area contributed by atoms with Crippen LogP contribution in [0.1, 0.15) is 29.1 Å². The van der Waals surface area contributed by atoms with Crippen LogP contribution in [0, 0.1) is 11.7 Å². The molecule has 29 heavy (non-hydrogen) atoms. The maximum absolute atomic E-state index is 13.9. The Bertz CT molecular complexity index is 1010. The van der Waals surface area contributed by atoms with E-state index in [-0.39, 0.29) is 23.5 Å². The number of rotatable bonds is 5. The smallest absolute Gasteiger partial charge is 0.259 e. The SMILES string of the molecule is COc1ncccc1C(=O)N1CCCC(Cc2nc(-c3ccccc3F)no2)C1. The second kappa shape index (κ2) is 8.38. The molecule has 4 rings (SSSR count). The molecular formula is C21H21FN4O3. The highest BCUT2D eigenvalue weighted by Gasteiger charge is 2.28. The van der Waals surface area contributed by atoms with Gasteiger partial charge in [-0.3, -0.25) is 4.79 Å². The fourth-order valence-electron chi connectivity index (χ4n) is 3.64. The summed E-state index contributed by atoms with van der Waals surface area (Å²) in [5.74, 6) is 0.704. The number of pyridine rings is 1. The highest BCUT2D eigenvalue weighted by atomic mass is 19.1. The Hall–Kier alpha value is -3.29. The van der Waals surface area contributed by atoms with Crippen LogP contribution < -0.4 is 4.74 Å². The second-order valence-electron chi connectivity index (χ2n) is 7.02. The Morgan fingerprint density at radius 2 is 2.17 bits per heavy atom. The molecule has 0 spiro atoms. The standard InChI is InChI=1S/C21H21FN4O3/c1-28-20-16(8-4-10-23-20)21(27)26-11-5-6-14(13-26)12-18-24-19(25-29-18)15-7-2-3-9-17(15)22/h2-4,7-10,14H,5-6,11-13H2,1H3. The van der Waals surface area contributed by atoms with E-state index in [4.69, 9.17) is 9.26 Å².